The SMILES string of the molecule is Cc1cc(C)n(CCCN(C)CCCSc2ccccc2)n1. The molecule has 0 fully saturated rings. The molecule has 2 aromatic rings. The van der Waals surface area contributed by atoms with E-state index in [1.165, 1.54) is 22.8 Å². The first-order valence-corrected chi connectivity index (χ1v) is 9.01. The van der Waals surface area contributed by atoms with Gasteiger partial charge in [-0.05, 0) is 70.8 Å². The van der Waals surface area contributed by atoms with Gasteiger partial charge in [0.1, 0.15) is 0 Å². The zero-order chi connectivity index (χ0) is 15.8. The Morgan fingerprint density at radius 3 is 2.50 bits per heavy atom. The second-order valence-electron chi connectivity index (χ2n) is 5.82. The van der Waals surface area contributed by atoms with E-state index in [2.05, 4.69) is 72.0 Å². The molecule has 1 heterocycles. The molecular formula is C18H27N3S. The molecule has 0 bridgehead atoms. The fourth-order valence-electron chi connectivity index (χ4n) is 2.54. The van der Waals surface area contributed by atoms with Crippen molar-refractivity contribution in [3.63, 3.8) is 0 Å². The minimum atomic E-state index is 1.02. The molecule has 0 atom stereocenters. The van der Waals surface area contributed by atoms with Crippen molar-refractivity contribution in [3.8, 4) is 0 Å². The van der Waals surface area contributed by atoms with Crippen LogP contribution in [0.3, 0.4) is 0 Å². The van der Waals surface area contributed by atoms with Gasteiger partial charge in [-0.15, -0.1) is 11.8 Å². The lowest BCUT2D eigenvalue weighted by Gasteiger charge is -2.16. The highest BCUT2D eigenvalue weighted by Crippen LogP contribution is 2.17. The van der Waals surface area contributed by atoms with Crippen LogP contribution in [0, 0.1) is 13.8 Å². The zero-order valence-electron chi connectivity index (χ0n) is 14.0. The second-order valence-corrected chi connectivity index (χ2v) is 6.99. The van der Waals surface area contributed by atoms with Crippen LogP contribution in [0.4, 0.5) is 0 Å². The number of rotatable bonds is 9. The fourth-order valence-corrected chi connectivity index (χ4v) is 3.40. The lowest BCUT2D eigenvalue weighted by Crippen LogP contribution is -2.22. The van der Waals surface area contributed by atoms with E-state index in [-0.39, 0.29) is 0 Å². The van der Waals surface area contributed by atoms with Crippen molar-refractivity contribution in [1.82, 2.24) is 14.7 Å². The summed E-state index contributed by atoms with van der Waals surface area (Å²) in [4.78, 5) is 3.80. The van der Waals surface area contributed by atoms with E-state index in [1.807, 2.05) is 11.8 Å². The Balaban J connectivity index is 1.56. The number of aromatic nitrogens is 2. The van der Waals surface area contributed by atoms with Crippen LogP contribution < -0.4 is 0 Å². The fraction of sp³-hybridized carbons (Fsp3) is 0.500. The summed E-state index contributed by atoms with van der Waals surface area (Å²) < 4.78 is 2.12. The quantitative estimate of drug-likeness (QED) is 0.515. The summed E-state index contributed by atoms with van der Waals surface area (Å²) in [6, 6.07) is 12.8. The van der Waals surface area contributed by atoms with E-state index in [4.69, 9.17) is 0 Å². The number of hydrogen-bond donors (Lipinski definition) is 0. The highest BCUT2D eigenvalue weighted by Gasteiger charge is 2.02. The lowest BCUT2D eigenvalue weighted by molar-refractivity contribution is 0.319. The molecule has 0 aliphatic heterocycles. The molecule has 22 heavy (non-hydrogen) atoms. The van der Waals surface area contributed by atoms with Gasteiger partial charge in [0.05, 0.1) is 5.69 Å². The van der Waals surface area contributed by atoms with Gasteiger partial charge in [-0.25, -0.2) is 0 Å². The van der Waals surface area contributed by atoms with Crippen LogP contribution in [-0.4, -0.2) is 40.6 Å². The summed E-state index contributed by atoms with van der Waals surface area (Å²) >= 11 is 1.95. The molecule has 1 aromatic carbocycles. The third-order valence-corrected chi connectivity index (χ3v) is 4.81. The average Bonchev–Trinajstić information content (AvgIpc) is 2.83. The molecule has 0 N–H and O–H groups in total. The molecule has 0 unspecified atom stereocenters. The highest BCUT2D eigenvalue weighted by atomic mass is 32.2. The summed E-state index contributed by atoms with van der Waals surface area (Å²) in [6.45, 7) is 7.50. The predicted octanol–water partition coefficient (Wildman–Crippen LogP) is 4.00. The average molecular weight is 318 g/mol. The Bertz CT molecular complexity index is 551. The smallest absolute Gasteiger partial charge is 0.0596 e. The largest absolute Gasteiger partial charge is 0.306 e. The third kappa shape index (κ3) is 5.85. The Labute approximate surface area is 138 Å². The van der Waals surface area contributed by atoms with Crippen LogP contribution in [0.2, 0.25) is 0 Å². The molecule has 120 valence electrons. The molecule has 2 rings (SSSR count). The highest BCUT2D eigenvalue weighted by molar-refractivity contribution is 7.99. The van der Waals surface area contributed by atoms with E-state index < -0.39 is 0 Å². The van der Waals surface area contributed by atoms with Crippen molar-refractivity contribution in [2.75, 3.05) is 25.9 Å². The van der Waals surface area contributed by atoms with Crippen molar-refractivity contribution in [3.05, 3.63) is 47.8 Å². The van der Waals surface area contributed by atoms with Gasteiger partial charge in [-0.1, -0.05) is 18.2 Å². The predicted molar refractivity (Wildman–Crippen MR) is 95.6 cm³/mol. The van der Waals surface area contributed by atoms with Gasteiger partial charge in [0.15, 0.2) is 0 Å². The van der Waals surface area contributed by atoms with Crippen molar-refractivity contribution in [2.24, 2.45) is 0 Å². The minimum absolute atomic E-state index is 1.02. The summed E-state index contributed by atoms with van der Waals surface area (Å²) in [5.74, 6) is 1.19. The molecule has 3 nitrogen and oxygen atoms in total. The maximum absolute atomic E-state index is 4.51. The number of hydrogen-bond acceptors (Lipinski definition) is 3. The Morgan fingerprint density at radius 1 is 1.09 bits per heavy atom. The van der Waals surface area contributed by atoms with Gasteiger partial charge in [0, 0.05) is 17.1 Å². The molecule has 1 aromatic heterocycles. The molecule has 0 spiro atoms. The summed E-state index contributed by atoms with van der Waals surface area (Å²) in [7, 11) is 2.22. The van der Waals surface area contributed by atoms with Crippen molar-refractivity contribution in [1.29, 1.82) is 0 Å². The van der Waals surface area contributed by atoms with Crippen LogP contribution in [0.5, 0.6) is 0 Å². The van der Waals surface area contributed by atoms with E-state index in [1.54, 1.807) is 0 Å². The molecule has 0 radical (unpaired) electrons. The van der Waals surface area contributed by atoms with Crippen LogP contribution >= 0.6 is 11.8 Å². The molecule has 0 aliphatic carbocycles. The molecular weight excluding hydrogens is 290 g/mol. The van der Waals surface area contributed by atoms with E-state index >= 15 is 0 Å². The maximum Gasteiger partial charge on any atom is 0.0596 e. The van der Waals surface area contributed by atoms with E-state index in [0.29, 0.717) is 0 Å². The minimum Gasteiger partial charge on any atom is -0.306 e. The number of thioether (sulfide) groups is 1. The summed E-state index contributed by atoms with van der Waals surface area (Å²) in [5, 5.41) is 4.51. The lowest BCUT2D eigenvalue weighted by atomic mass is 10.3. The first-order valence-electron chi connectivity index (χ1n) is 8.02. The first kappa shape index (κ1) is 17.1. The van der Waals surface area contributed by atoms with Gasteiger partial charge in [0.2, 0.25) is 0 Å². The zero-order valence-corrected chi connectivity index (χ0v) is 14.8. The van der Waals surface area contributed by atoms with Gasteiger partial charge >= 0.3 is 0 Å². The summed E-state index contributed by atoms with van der Waals surface area (Å²) in [5.41, 5.74) is 2.38. The Morgan fingerprint density at radius 2 is 1.82 bits per heavy atom. The number of nitrogens with zero attached hydrogens (tertiary/aromatic N) is 3. The number of aryl methyl sites for hydroxylation is 3. The van der Waals surface area contributed by atoms with Crippen molar-refractivity contribution >= 4 is 11.8 Å². The first-order chi connectivity index (χ1) is 10.6. The van der Waals surface area contributed by atoms with E-state index in [0.717, 1.165) is 31.7 Å². The van der Waals surface area contributed by atoms with Gasteiger partial charge in [0.25, 0.3) is 0 Å². The van der Waals surface area contributed by atoms with E-state index in [9.17, 15) is 0 Å². The monoisotopic (exact) mass is 317 g/mol. The Kier molecular flexibility index (Phi) is 7.00. The normalized spacial score (nSPS) is 11.3. The van der Waals surface area contributed by atoms with Gasteiger partial charge in [-0.2, -0.15) is 5.10 Å². The second kappa shape index (κ2) is 9.01. The molecule has 0 aliphatic rings. The van der Waals surface area contributed by atoms with Gasteiger partial charge in [-0.3, -0.25) is 4.68 Å². The van der Waals surface area contributed by atoms with Gasteiger partial charge < -0.3 is 4.90 Å². The van der Waals surface area contributed by atoms with Crippen LogP contribution in [0.1, 0.15) is 24.2 Å². The third-order valence-electron chi connectivity index (χ3n) is 3.71. The van der Waals surface area contributed by atoms with Crippen molar-refractivity contribution < 1.29 is 0 Å². The Hall–Kier alpha value is -1.26. The topological polar surface area (TPSA) is 21.1 Å². The number of benzene rings is 1. The molecule has 0 saturated carbocycles. The standard InChI is InChI=1S/C18H27N3S/c1-16-15-17(2)21(19-16)13-7-11-20(3)12-8-14-22-18-9-5-4-6-10-18/h4-6,9-10,15H,7-8,11-14H2,1-3H3. The summed E-state index contributed by atoms with van der Waals surface area (Å²) in [6.07, 6.45) is 2.39. The van der Waals surface area contributed by atoms with Crippen LogP contribution in [0.25, 0.3) is 0 Å². The van der Waals surface area contributed by atoms with Crippen LogP contribution in [-0.2, 0) is 6.54 Å². The molecule has 0 saturated heterocycles. The van der Waals surface area contributed by atoms with Crippen LogP contribution in [0.15, 0.2) is 41.3 Å². The maximum atomic E-state index is 4.51. The molecule has 0 amide bonds. The molecule has 4 heteroatoms. The van der Waals surface area contributed by atoms with Crippen molar-refractivity contribution in [2.45, 2.75) is 38.1 Å².